The summed E-state index contributed by atoms with van der Waals surface area (Å²) in [5.41, 5.74) is 1.77. The third kappa shape index (κ3) is 2.96. The second-order valence-electron chi connectivity index (χ2n) is 4.22. The predicted octanol–water partition coefficient (Wildman–Crippen LogP) is 1.09. The van der Waals surface area contributed by atoms with Gasteiger partial charge in [0.1, 0.15) is 0 Å². The van der Waals surface area contributed by atoms with E-state index in [0.717, 1.165) is 11.1 Å². The van der Waals surface area contributed by atoms with Crippen molar-refractivity contribution in [3.05, 3.63) is 29.1 Å². The Morgan fingerprint density at radius 3 is 2.95 bits per heavy atom. The van der Waals surface area contributed by atoms with E-state index in [1.807, 2.05) is 0 Å². The van der Waals surface area contributed by atoms with Gasteiger partial charge in [0.25, 0.3) is 0 Å². The summed E-state index contributed by atoms with van der Waals surface area (Å²) in [4.78, 5) is 28.4. The van der Waals surface area contributed by atoms with Crippen LogP contribution in [0.25, 0.3) is 0 Å². The zero-order chi connectivity index (χ0) is 13.8. The van der Waals surface area contributed by atoms with E-state index in [0.29, 0.717) is 31.9 Å². The van der Waals surface area contributed by atoms with Crippen LogP contribution in [0.3, 0.4) is 0 Å². The monoisotopic (exact) mass is 283 g/mol. The van der Waals surface area contributed by atoms with Crippen molar-refractivity contribution < 1.29 is 14.7 Å². The molecule has 0 aliphatic carbocycles. The van der Waals surface area contributed by atoms with Crippen molar-refractivity contribution in [2.45, 2.75) is 13.0 Å². The normalized spacial score (nSPS) is 13.8. The Hall–Kier alpha value is -1.82. The van der Waals surface area contributed by atoms with Gasteiger partial charge in [-0.3, -0.25) is 4.98 Å². The van der Waals surface area contributed by atoms with Gasteiger partial charge in [-0.05, 0) is 17.5 Å². The van der Waals surface area contributed by atoms with Crippen LogP contribution in [0, 0.1) is 0 Å². The highest BCUT2D eigenvalue weighted by molar-refractivity contribution is 6.18. The number of nitrogens with zero attached hydrogens (tertiary/aromatic N) is 2. The molecule has 2 N–H and O–H groups in total. The third-order valence-corrected chi connectivity index (χ3v) is 3.22. The van der Waals surface area contributed by atoms with Gasteiger partial charge in [-0.25, -0.2) is 9.59 Å². The van der Waals surface area contributed by atoms with Gasteiger partial charge in [-0.1, -0.05) is 0 Å². The summed E-state index contributed by atoms with van der Waals surface area (Å²) in [7, 11) is 0. The quantitative estimate of drug-likeness (QED) is 0.814. The number of amides is 2. The molecule has 0 fully saturated rings. The highest BCUT2D eigenvalue weighted by Gasteiger charge is 2.24. The molecule has 1 aromatic rings. The Morgan fingerprint density at radius 1 is 1.47 bits per heavy atom. The van der Waals surface area contributed by atoms with Gasteiger partial charge in [0.15, 0.2) is 0 Å². The molecule has 0 aromatic carbocycles. The molecule has 102 valence electrons. The standard InChI is InChI=1S/C12H14ClN3O3/c13-2-3-15-12(19)16-4-1-9-8(7-16)5-14-6-10(9)11(17)18/h5-6H,1-4,7H2,(H,15,19)(H,17,18). The van der Waals surface area contributed by atoms with Crippen LogP contribution in [0.2, 0.25) is 0 Å². The minimum atomic E-state index is -0.982. The number of aromatic nitrogens is 1. The number of hydrogen-bond acceptors (Lipinski definition) is 3. The SMILES string of the molecule is O=C(O)c1cncc2c1CCN(C(=O)NCCCl)C2. The maximum Gasteiger partial charge on any atom is 0.337 e. The van der Waals surface area contributed by atoms with Crippen LogP contribution in [0.1, 0.15) is 21.5 Å². The van der Waals surface area contributed by atoms with Crippen LogP contribution in [0.4, 0.5) is 4.79 Å². The van der Waals surface area contributed by atoms with Crippen LogP contribution in [-0.4, -0.2) is 46.0 Å². The molecular weight excluding hydrogens is 270 g/mol. The number of aromatic carboxylic acids is 1. The lowest BCUT2D eigenvalue weighted by Crippen LogP contribution is -2.43. The van der Waals surface area contributed by atoms with Crippen LogP contribution in [0.15, 0.2) is 12.4 Å². The molecule has 19 heavy (non-hydrogen) atoms. The number of carboxylic acids is 1. The first kappa shape index (κ1) is 13.6. The lowest BCUT2D eigenvalue weighted by atomic mass is 9.97. The van der Waals surface area contributed by atoms with E-state index in [1.54, 1.807) is 11.1 Å². The number of carbonyl (C=O) groups is 2. The van der Waals surface area contributed by atoms with E-state index in [2.05, 4.69) is 10.3 Å². The smallest absolute Gasteiger partial charge is 0.337 e. The number of carbonyl (C=O) groups excluding carboxylic acids is 1. The zero-order valence-corrected chi connectivity index (χ0v) is 11.0. The van der Waals surface area contributed by atoms with E-state index in [9.17, 15) is 9.59 Å². The van der Waals surface area contributed by atoms with Crippen molar-refractivity contribution in [3.63, 3.8) is 0 Å². The van der Waals surface area contributed by atoms with Gasteiger partial charge in [0, 0.05) is 37.9 Å². The molecule has 7 heteroatoms. The Bertz CT molecular complexity index is 507. The number of halogens is 1. The van der Waals surface area contributed by atoms with Gasteiger partial charge in [-0.15, -0.1) is 11.6 Å². The molecule has 6 nitrogen and oxygen atoms in total. The van der Waals surface area contributed by atoms with E-state index in [4.69, 9.17) is 16.7 Å². The van der Waals surface area contributed by atoms with Crippen LogP contribution in [-0.2, 0) is 13.0 Å². The lowest BCUT2D eigenvalue weighted by Gasteiger charge is -2.29. The van der Waals surface area contributed by atoms with E-state index in [-0.39, 0.29) is 11.6 Å². The number of rotatable bonds is 3. The first-order valence-corrected chi connectivity index (χ1v) is 6.44. The van der Waals surface area contributed by atoms with E-state index >= 15 is 0 Å². The second kappa shape index (κ2) is 5.88. The van der Waals surface area contributed by atoms with Crippen LogP contribution < -0.4 is 5.32 Å². The van der Waals surface area contributed by atoms with Crippen molar-refractivity contribution in [2.75, 3.05) is 19.0 Å². The highest BCUT2D eigenvalue weighted by Crippen LogP contribution is 2.21. The Labute approximate surface area is 115 Å². The molecule has 0 saturated heterocycles. The van der Waals surface area contributed by atoms with Crippen LogP contribution in [0.5, 0.6) is 0 Å². The molecule has 1 aliphatic rings. The molecule has 0 radical (unpaired) electrons. The molecule has 0 saturated carbocycles. The van der Waals surface area contributed by atoms with Gasteiger partial charge in [-0.2, -0.15) is 0 Å². The van der Waals surface area contributed by atoms with Gasteiger partial charge < -0.3 is 15.3 Å². The van der Waals surface area contributed by atoms with E-state index in [1.165, 1.54) is 6.20 Å². The van der Waals surface area contributed by atoms with Crippen molar-refractivity contribution >= 4 is 23.6 Å². The number of hydrogen-bond donors (Lipinski definition) is 2. The second-order valence-corrected chi connectivity index (χ2v) is 4.60. The Kier molecular flexibility index (Phi) is 4.21. The van der Waals surface area contributed by atoms with E-state index < -0.39 is 5.97 Å². The van der Waals surface area contributed by atoms with Gasteiger partial charge >= 0.3 is 12.0 Å². The fourth-order valence-corrected chi connectivity index (χ4v) is 2.21. The summed E-state index contributed by atoms with van der Waals surface area (Å²) in [6, 6.07) is -0.188. The average molecular weight is 284 g/mol. The molecule has 2 rings (SSSR count). The summed E-state index contributed by atoms with van der Waals surface area (Å²) < 4.78 is 0. The summed E-state index contributed by atoms with van der Waals surface area (Å²) in [5.74, 6) is -0.620. The molecule has 0 atom stereocenters. The molecule has 0 bridgehead atoms. The summed E-state index contributed by atoms with van der Waals surface area (Å²) in [6.07, 6.45) is 3.49. The topological polar surface area (TPSA) is 82.5 Å². The number of fused-ring (bicyclic) bond motifs is 1. The minimum Gasteiger partial charge on any atom is -0.478 e. The first-order valence-electron chi connectivity index (χ1n) is 5.91. The average Bonchev–Trinajstić information content (AvgIpc) is 2.43. The molecule has 0 spiro atoms. The molecular formula is C12H14ClN3O3. The van der Waals surface area contributed by atoms with Gasteiger partial charge in [0.05, 0.1) is 5.56 Å². The predicted molar refractivity (Wildman–Crippen MR) is 69.4 cm³/mol. The highest BCUT2D eigenvalue weighted by atomic mass is 35.5. The fraction of sp³-hybridized carbons (Fsp3) is 0.417. The van der Waals surface area contributed by atoms with Crippen molar-refractivity contribution in [1.29, 1.82) is 0 Å². The maximum absolute atomic E-state index is 11.8. The largest absolute Gasteiger partial charge is 0.478 e. The van der Waals surface area contributed by atoms with Crippen molar-refractivity contribution in [2.24, 2.45) is 0 Å². The molecule has 2 heterocycles. The summed E-state index contributed by atoms with van der Waals surface area (Å²) >= 11 is 5.51. The lowest BCUT2D eigenvalue weighted by molar-refractivity contribution is 0.0694. The molecule has 1 aliphatic heterocycles. The first-order chi connectivity index (χ1) is 9.13. The van der Waals surface area contributed by atoms with Gasteiger partial charge in [0.2, 0.25) is 0 Å². The Morgan fingerprint density at radius 2 is 2.26 bits per heavy atom. The number of urea groups is 1. The summed E-state index contributed by atoms with van der Waals surface area (Å²) in [6.45, 7) is 1.28. The Balaban J connectivity index is 2.14. The maximum atomic E-state index is 11.8. The van der Waals surface area contributed by atoms with Crippen molar-refractivity contribution in [1.82, 2.24) is 15.2 Å². The third-order valence-electron chi connectivity index (χ3n) is 3.03. The fourth-order valence-electron chi connectivity index (χ4n) is 2.12. The molecule has 0 unspecified atom stereocenters. The minimum absolute atomic E-state index is 0.188. The van der Waals surface area contributed by atoms with Crippen LogP contribution >= 0.6 is 11.6 Å². The zero-order valence-electron chi connectivity index (χ0n) is 10.2. The number of pyridine rings is 1. The van der Waals surface area contributed by atoms with Crippen molar-refractivity contribution in [3.8, 4) is 0 Å². The number of nitrogens with one attached hydrogen (secondary N) is 1. The number of carboxylic acid groups (broad SMARTS) is 1. The molecule has 1 aromatic heterocycles. The summed E-state index contributed by atoms with van der Waals surface area (Å²) in [5, 5.41) is 11.8. The number of alkyl halides is 1. The molecule has 2 amide bonds.